The lowest BCUT2D eigenvalue weighted by Gasteiger charge is -2.40. The Morgan fingerprint density at radius 2 is 1.50 bits per heavy atom. The van der Waals surface area contributed by atoms with E-state index < -0.39 is 17.7 Å². The fourth-order valence-electron chi connectivity index (χ4n) is 2.12. The standard InChI is InChI=1S/C11H15B2NO7S/c1-22-8(15)14-4-2-11(3-5-14,6-18-9(16)20-12)7-19-10(17)21-13/h2-7H2,1H3. The average molecular weight is 327 g/mol. The number of piperidine rings is 1. The number of carbonyl (C=O) groups excluding carboxylic acids is 3. The fraction of sp³-hybridized carbons (Fsp3) is 0.727. The van der Waals surface area contributed by atoms with E-state index in [9.17, 15) is 14.4 Å². The predicted octanol–water partition coefficient (Wildman–Crippen LogP) is 1.03. The molecule has 1 aliphatic rings. The molecule has 0 bridgehead atoms. The summed E-state index contributed by atoms with van der Waals surface area (Å²) in [6.07, 6.45) is 0.557. The van der Waals surface area contributed by atoms with Gasteiger partial charge in [0.05, 0.1) is 0 Å². The first-order chi connectivity index (χ1) is 10.5. The lowest BCUT2D eigenvalue weighted by Crippen LogP contribution is -2.46. The van der Waals surface area contributed by atoms with Crippen molar-refractivity contribution in [2.75, 3.05) is 32.6 Å². The number of likely N-dealkylation sites (tertiary alicyclic amines) is 1. The number of ether oxygens (including phenoxy) is 2. The van der Waals surface area contributed by atoms with Gasteiger partial charge in [0, 0.05) is 18.5 Å². The molecule has 1 fully saturated rings. The van der Waals surface area contributed by atoms with Crippen LogP contribution in [-0.4, -0.2) is 71.1 Å². The second-order valence-electron chi connectivity index (χ2n) is 4.77. The van der Waals surface area contributed by atoms with Crippen molar-refractivity contribution in [3.8, 4) is 0 Å². The Balaban J connectivity index is 2.65. The van der Waals surface area contributed by atoms with Crippen LogP contribution in [0.15, 0.2) is 0 Å². The lowest BCUT2D eigenvalue weighted by atomic mass is 9.80. The molecule has 8 nitrogen and oxygen atoms in total. The molecule has 0 aromatic rings. The van der Waals surface area contributed by atoms with E-state index >= 15 is 0 Å². The molecule has 11 heteroatoms. The second-order valence-corrected chi connectivity index (χ2v) is 5.53. The smallest absolute Gasteiger partial charge is 0.489 e. The minimum absolute atomic E-state index is 0.0434. The minimum Gasteiger partial charge on any atom is -0.513 e. The van der Waals surface area contributed by atoms with Crippen LogP contribution >= 0.6 is 11.8 Å². The SMILES string of the molecule is [B]OC(=O)OCC1(COC(=O)O[B])CCN(C(=O)SC)CC1. The van der Waals surface area contributed by atoms with E-state index in [0.717, 1.165) is 11.8 Å². The summed E-state index contributed by atoms with van der Waals surface area (Å²) in [5, 5.41) is -0.0434. The second kappa shape index (κ2) is 8.82. The molecule has 0 aromatic heterocycles. The van der Waals surface area contributed by atoms with Gasteiger partial charge in [-0.15, -0.1) is 0 Å². The Morgan fingerprint density at radius 1 is 1.05 bits per heavy atom. The van der Waals surface area contributed by atoms with E-state index in [1.807, 2.05) is 0 Å². The maximum absolute atomic E-state index is 11.6. The van der Waals surface area contributed by atoms with Crippen molar-refractivity contribution < 1.29 is 33.2 Å². The summed E-state index contributed by atoms with van der Waals surface area (Å²) in [6, 6.07) is 0. The number of nitrogens with zero attached hydrogens (tertiary/aromatic N) is 1. The van der Waals surface area contributed by atoms with Gasteiger partial charge in [0.2, 0.25) is 0 Å². The maximum Gasteiger partial charge on any atom is 0.489 e. The van der Waals surface area contributed by atoms with Gasteiger partial charge in [0.1, 0.15) is 13.2 Å². The van der Waals surface area contributed by atoms with Crippen LogP contribution < -0.4 is 0 Å². The van der Waals surface area contributed by atoms with Gasteiger partial charge < -0.3 is 23.7 Å². The van der Waals surface area contributed by atoms with E-state index in [0.29, 0.717) is 25.9 Å². The van der Waals surface area contributed by atoms with E-state index in [2.05, 4.69) is 9.31 Å². The van der Waals surface area contributed by atoms with Crippen molar-refractivity contribution in [1.29, 1.82) is 0 Å². The van der Waals surface area contributed by atoms with Crippen LogP contribution in [0.5, 0.6) is 0 Å². The molecule has 1 rings (SSSR count). The summed E-state index contributed by atoms with van der Waals surface area (Å²) in [7, 11) is 9.40. The van der Waals surface area contributed by atoms with Gasteiger partial charge in [-0.3, -0.25) is 4.79 Å². The number of amides is 1. The number of carbonyl (C=O) groups is 3. The van der Waals surface area contributed by atoms with Gasteiger partial charge in [-0.05, 0) is 19.1 Å². The summed E-state index contributed by atoms with van der Waals surface area (Å²) < 4.78 is 17.6. The average Bonchev–Trinajstić information content (AvgIpc) is 2.57. The summed E-state index contributed by atoms with van der Waals surface area (Å²) in [5.41, 5.74) is -0.655. The highest BCUT2D eigenvalue weighted by Gasteiger charge is 2.38. The molecule has 0 atom stereocenters. The molecule has 0 aliphatic carbocycles. The zero-order chi connectivity index (χ0) is 16.6. The van der Waals surface area contributed by atoms with Crippen LogP contribution in [0.3, 0.4) is 0 Å². The maximum atomic E-state index is 11.6. The molecular weight excluding hydrogens is 312 g/mol. The summed E-state index contributed by atoms with van der Waals surface area (Å²) in [5.74, 6) is 0. The number of rotatable bonds is 4. The van der Waals surface area contributed by atoms with Gasteiger partial charge in [-0.25, -0.2) is 9.59 Å². The molecule has 0 saturated carbocycles. The molecule has 1 heterocycles. The van der Waals surface area contributed by atoms with Crippen molar-refractivity contribution in [2.24, 2.45) is 5.41 Å². The Kier molecular flexibility index (Phi) is 7.43. The highest BCUT2D eigenvalue weighted by Crippen LogP contribution is 2.33. The van der Waals surface area contributed by atoms with Crippen LogP contribution in [0, 0.1) is 5.41 Å². The fourth-order valence-corrected chi connectivity index (χ4v) is 2.56. The van der Waals surface area contributed by atoms with Crippen LogP contribution in [0.25, 0.3) is 0 Å². The third-order valence-electron chi connectivity index (χ3n) is 3.44. The monoisotopic (exact) mass is 327 g/mol. The highest BCUT2D eigenvalue weighted by atomic mass is 32.2. The van der Waals surface area contributed by atoms with Crippen molar-refractivity contribution in [3.05, 3.63) is 0 Å². The van der Waals surface area contributed by atoms with Crippen LogP contribution in [0.2, 0.25) is 0 Å². The van der Waals surface area contributed by atoms with Crippen LogP contribution in [0.1, 0.15) is 12.8 Å². The molecule has 1 aliphatic heterocycles. The van der Waals surface area contributed by atoms with Crippen LogP contribution in [-0.2, 0) is 18.8 Å². The van der Waals surface area contributed by atoms with Crippen LogP contribution in [0.4, 0.5) is 14.4 Å². The van der Waals surface area contributed by atoms with Gasteiger partial charge >= 0.3 is 28.4 Å². The molecule has 1 amide bonds. The molecule has 0 N–H and O–H groups in total. The molecular formula is C11H15B2NO7S. The summed E-state index contributed by atoms with van der Waals surface area (Å²) >= 11 is 1.12. The molecule has 118 valence electrons. The van der Waals surface area contributed by atoms with Crippen molar-refractivity contribution in [3.63, 3.8) is 0 Å². The van der Waals surface area contributed by atoms with E-state index in [1.54, 1.807) is 11.2 Å². The summed E-state index contributed by atoms with van der Waals surface area (Å²) in [6.45, 7) is 0.758. The number of hydrogen-bond donors (Lipinski definition) is 0. The lowest BCUT2D eigenvalue weighted by molar-refractivity contribution is -0.0236. The predicted molar refractivity (Wildman–Crippen MR) is 78.5 cm³/mol. The normalized spacial score (nSPS) is 16.5. The van der Waals surface area contributed by atoms with Gasteiger partial charge in [0.25, 0.3) is 5.24 Å². The Morgan fingerprint density at radius 3 is 1.86 bits per heavy atom. The third-order valence-corrected chi connectivity index (χ3v) is 4.05. The molecule has 22 heavy (non-hydrogen) atoms. The van der Waals surface area contributed by atoms with Gasteiger partial charge in [0.15, 0.2) is 0 Å². The first-order valence-corrected chi connectivity index (χ1v) is 7.59. The van der Waals surface area contributed by atoms with Crippen molar-refractivity contribution >= 4 is 45.4 Å². The first kappa shape index (κ1) is 18.5. The largest absolute Gasteiger partial charge is 0.513 e. The highest BCUT2D eigenvalue weighted by molar-refractivity contribution is 8.12. The number of thioether (sulfide) groups is 1. The summed E-state index contributed by atoms with van der Waals surface area (Å²) in [4.78, 5) is 35.4. The zero-order valence-electron chi connectivity index (χ0n) is 12.1. The molecule has 0 unspecified atom stereocenters. The zero-order valence-corrected chi connectivity index (χ0v) is 12.9. The molecule has 0 spiro atoms. The number of hydrogen-bond acceptors (Lipinski definition) is 8. The van der Waals surface area contributed by atoms with Crippen molar-refractivity contribution in [2.45, 2.75) is 12.8 Å². The van der Waals surface area contributed by atoms with Gasteiger partial charge in [-0.1, -0.05) is 11.8 Å². The Hall–Kier alpha value is -1.51. The first-order valence-electron chi connectivity index (χ1n) is 6.36. The topological polar surface area (TPSA) is 91.4 Å². The minimum atomic E-state index is -1.04. The van der Waals surface area contributed by atoms with Crippen molar-refractivity contribution in [1.82, 2.24) is 4.90 Å². The molecule has 4 radical (unpaired) electrons. The van der Waals surface area contributed by atoms with Gasteiger partial charge in [-0.2, -0.15) is 0 Å². The van der Waals surface area contributed by atoms with E-state index in [1.165, 1.54) is 0 Å². The molecule has 1 saturated heterocycles. The van der Waals surface area contributed by atoms with E-state index in [4.69, 9.17) is 25.6 Å². The third kappa shape index (κ3) is 5.36. The molecule has 0 aromatic carbocycles. The van der Waals surface area contributed by atoms with E-state index in [-0.39, 0.29) is 18.5 Å². The quantitative estimate of drug-likeness (QED) is 0.558. The Bertz CT molecular complexity index is 393. The Labute approximate surface area is 135 Å².